The number of β-amino-alcohol motifs (C(OH)–C–C–N with tert-alkyl or cyclic N) is 1. The molecule has 0 spiro atoms. The van der Waals surface area contributed by atoms with Crippen molar-refractivity contribution in [2.45, 2.75) is 76.7 Å². The number of aryl methyl sites for hydroxylation is 2. The second-order valence-electron chi connectivity index (χ2n) is 9.04. The van der Waals surface area contributed by atoms with Crippen molar-refractivity contribution in [3.63, 3.8) is 0 Å². The number of likely N-dealkylation sites (tertiary alicyclic amines) is 1. The van der Waals surface area contributed by atoms with Crippen LogP contribution in [0.1, 0.15) is 77.9 Å². The summed E-state index contributed by atoms with van der Waals surface area (Å²) in [4.78, 5) is 17.6. The molecule has 2 heterocycles. The largest absolute Gasteiger partial charge is 0.392 e. The fourth-order valence-corrected chi connectivity index (χ4v) is 6.20. The zero-order valence-corrected chi connectivity index (χ0v) is 17.3. The number of aliphatic hydroxyl groups excluding tert-OH is 1. The molecule has 1 unspecified atom stereocenters. The van der Waals surface area contributed by atoms with Gasteiger partial charge in [0.2, 0.25) is 0 Å². The molecule has 1 saturated heterocycles. The van der Waals surface area contributed by atoms with Crippen LogP contribution in [0.3, 0.4) is 0 Å². The second kappa shape index (κ2) is 8.62. The summed E-state index contributed by atoms with van der Waals surface area (Å²) in [5, 5.41) is 13.2. The number of piperidine rings is 1. The number of rotatable bonds is 5. The standard InChI is InChI=1S/C22H34N2O2S/c25-18-8-5-12-24(14-18)16-22(10-6-11-22)15-23-21(26)20-13-17-7-3-1-2-4-9-19(17)27-20/h13,18,25H,1-12,14-16H2,(H,23,26). The first-order chi connectivity index (χ1) is 13.1. The molecule has 1 atom stereocenters. The Bertz CT molecular complexity index is 627. The molecule has 1 aromatic heterocycles. The van der Waals surface area contributed by atoms with E-state index in [0.717, 1.165) is 56.7 Å². The summed E-state index contributed by atoms with van der Waals surface area (Å²) in [5.74, 6) is 0.122. The SMILES string of the molecule is O=C(NCC1(CN2CCCC(O)C2)CCC1)c1cc2c(s1)CCCCCC2. The van der Waals surface area contributed by atoms with E-state index in [1.807, 2.05) is 0 Å². The van der Waals surface area contributed by atoms with Crippen LogP contribution < -0.4 is 5.32 Å². The second-order valence-corrected chi connectivity index (χ2v) is 10.2. The van der Waals surface area contributed by atoms with Gasteiger partial charge in [-0.25, -0.2) is 0 Å². The lowest BCUT2D eigenvalue weighted by molar-refractivity contribution is 0.0145. The van der Waals surface area contributed by atoms with Crippen molar-refractivity contribution in [2.75, 3.05) is 26.2 Å². The Balaban J connectivity index is 1.34. The number of hydrogen-bond acceptors (Lipinski definition) is 4. The molecule has 4 rings (SSSR count). The van der Waals surface area contributed by atoms with E-state index in [1.165, 1.54) is 55.4 Å². The lowest BCUT2D eigenvalue weighted by Gasteiger charge is -2.46. The van der Waals surface area contributed by atoms with Crippen LogP contribution in [0.25, 0.3) is 0 Å². The first kappa shape index (κ1) is 19.4. The van der Waals surface area contributed by atoms with Gasteiger partial charge in [0.15, 0.2) is 0 Å². The Morgan fingerprint density at radius 1 is 1.19 bits per heavy atom. The van der Waals surface area contributed by atoms with Crippen molar-refractivity contribution in [1.29, 1.82) is 0 Å². The van der Waals surface area contributed by atoms with Gasteiger partial charge in [-0.3, -0.25) is 4.79 Å². The molecule has 27 heavy (non-hydrogen) atoms. The van der Waals surface area contributed by atoms with Crippen LogP contribution in [-0.4, -0.2) is 48.2 Å². The maximum absolute atomic E-state index is 12.8. The maximum Gasteiger partial charge on any atom is 0.261 e. The van der Waals surface area contributed by atoms with Gasteiger partial charge in [-0.15, -0.1) is 11.3 Å². The molecule has 0 bridgehead atoms. The molecule has 2 aliphatic carbocycles. The van der Waals surface area contributed by atoms with Gasteiger partial charge in [0.25, 0.3) is 5.91 Å². The highest BCUT2D eigenvalue weighted by Gasteiger charge is 2.39. The van der Waals surface area contributed by atoms with Crippen LogP contribution in [0.4, 0.5) is 0 Å². The molecule has 0 aromatic carbocycles. The molecule has 2 N–H and O–H groups in total. The molecule has 0 radical (unpaired) electrons. The lowest BCUT2D eigenvalue weighted by Crippen LogP contribution is -2.52. The van der Waals surface area contributed by atoms with Crippen LogP contribution in [0, 0.1) is 5.41 Å². The van der Waals surface area contributed by atoms with Gasteiger partial charge in [0, 0.05) is 29.9 Å². The Morgan fingerprint density at radius 3 is 2.74 bits per heavy atom. The highest BCUT2D eigenvalue weighted by molar-refractivity contribution is 7.14. The quantitative estimate of drug-likeness (QED) is 0.805. The van der Waals surface area contributed by atoms with Gasteiger partial charge < -0.3 is 15.3 Å². The van der Waals surface area contributed by atoms with E-state index in [4.69, 9.17) is 0 Å². The van der Waals surface area contributed by atoms with Gasteiger partial charge in [-0.1, -0.05) is 19.3 Å². The van der Waals surface area contributed by atoms with Gasteiger partial charge in [-0.2, -0.15) is 0 Å². The molecular formula is C22H34N2O2S. The van der Waals surface area contributed by atoms with Crippen LogP contribution >= 0.6 is 11.3 Å². The predicted octanol–water partition coefficient (Wildman–Crippen LogP) is 3.76. The predicted molar refractivity (Wildman–Crippen MR) is 110 cm³/mol. The van der Waals surface area contributed by atoms with Crippen LogP contribution in [0.15, 0.2) is 6.07 Å². The van der Waals surface area contributed by atoms with Crippen molar-refractivity contribution >= 4 is 17.2 Å². The van der Waals surface area contributed by atoms with Crippen molar-refractivity contribution in [3.05, 3.63) is 21.4 Å². The zero-order chi connectivity index (χ0) is 18.7. The zero-order valence-electron chi connectivity index (χ0n) is 16.5. The Labute approximate surface area is 167 Å². The fraction of sp³-hybridized carbons (Fsp3) is 0.773. The first-order valence-corrected chi connectivity index (χ1v) is 11.8. The molecule has 1 aromatic rings. The smallest absolute Gasteiger partial charge is 0.261 e. The average molecular weight is 391 g/mol. The number of hydrogen-bond donors (Lipinski definition) is 2. The summed E-state index contributed by atoms with van der Waals surface area (Å²) in [5.41, 5.74) is 1.64. The maximum atomic E-state index is 12.8. The summed E-state index contributed by atoms with van der Waals surface area (Å²) in [7, 11) is 0. The van der Waals surface area contributed by atoms with Crippen LogP contribution in [-0.2, 0) is 12.8 Å². The Hall–Kier alpha value is -0.910. The summed E-state index contributed by atoms with van der Waals surface area (Å²) in [6, 6.07) is 2.16. The van der Waals surface area contributed by atoms with Crippen molar-refractivity contribution in [1.82, 2.24) is 10.2 Å². The molecule has 5 heteroatoms. The number of fused-ring (bicyclic) bond motifs is 1. The number of aliphatic hydroxyl groups is 1. The van der Waals surface area contributed by atoms with Crippen molar-refractivity contribution < 1.29 is 9.90 Å². The minimum atomic E-state index is -0.170. The van der Waals surface area contributed by atoms with E-state index < -0.39 is 0 Å². The third-order valence-corrected chi connectivity index (χ3v) is 8.03. The van der Waals surface area contributed by atoms with E-state index >= 15 is 0 Å². The average Bonchev–Trinajstić information content (AvgIpc) is 2.99. The monoisotopic (exact) mass is 390 g/mol. The number of carbonyl (C=O) groups excluding carboxylic acids is 1. The number of nitrogens with one attached hydrogen (secondary N) is 1. The number of thiophene rings is 1. The van der Waals surface area contributed by atoms with Gasteiger partial charge in [0.05, 0.1) is 11.0 Å². The van der Waals surface area contributed by atoms with Crippen molar-refractivity contribution in [2.24, 2.45) is 5.41 Å². The third-order valence-electron chi connectivity index (χ3n) is 6.80. The third kappa shape index (κ3) is 4.75. The fourth-order valence-electron chi connectivity index (χ4n) is 5.03. The Kier molecular flexibility index (Phi) is 6.20. The van der Waals surface area contributed by atoms with Crippen molar-refractivity contribution in [3.8, 4) is 0 Å². The molecular weight excluding hydrogens is 356 g/mol. The molecule has 150 valence electrons. The summed E-state index contributed by atoms with van der Waals surface area (Å²) in [6.45, 7) is 3.68. The Morgan fingerprint density at radius 2 is 2.00 bits per heavy atom. The van der Waals surface area contributed by atoms with E-state index in [9.17, 15) is 9.90 Å². The normalized spacial score (nSPS) is 25.7. The highest BCUT2D eigenvalue weighted by Crippen LogP contribution is 2.41. The summed E-state index contributed by atoms with van der Waals surface area (Å²) >= 11 is 1.72. The first-order valence-electron chi connectivity index (χ1n) is 10.9. The summed E-state index contributed by atoms with van der Waals surface area (Å²) < 4.78 is 0. The number of amides is 1. The molecule has 1 amide bonds. The van der Waals surface area contributed by atoms with Gasteiger partial charge >= 0.3 is 0 Å². The van der Waals surface area contributed by atoms with E-state index in [-0.39, 0.29) is 17.4 Å². The van der Waals surface area contributed by atoms with Gasteiger partial charge in [0.1, 0.15) is 0 Å². The number of carbonyl (C=O) groups is 1. The lowest BCUT2D eigenvalue weighted by atomic mass is 9.68. The van der Waals surface area contributed by atoms with E-state index in [1.54, 1.807) is 11.3 Å². The van der Waals surface area contributed by atoms with E-state index in [0.29, 0.717) is 0 Å². The van der Waals surface area contributed by atoms with E-state index in [2.05, 4.69) is 16.3 Å². The van der Waals surface area contributed by atoms with Crippen LogP contribution in [0.2, 0.25) is 0 Å². The van der Waals surface area contributed by atoms with Crippen LogP contribution in [0.5, 0.6) is 0 Å². The number of nitrogens with zero attached hydrogens (tertiary/aromatic N) is 1. The molecule has 1 aliphatic heterocycles. The topological polar surface area (TPSA) is 52.6 Å². The molecule has 3 aliphatic rings. The molecule has 1 saturated carbocycles. The minimum Gasteiger partial charge on any atom is -0.392 e. The van der Waals surface area contributed by atoms with Gasteiger partial charge in [-0.05, 0) is 69.5 Å². The minimum absolute atomic E-state index is 0.122. The summed E-state index contributed by atoms with van der Waals surface area (Å²) in [6.07, 6.45) is 13.0. The highest BCUT2D eigenvalue weighted by atomic mass is 32.1. The molecule has 4 nitrogen and oxygen atoms in total. The molecule has 2 fully saturated rings.